The van der Waals surface area contributed by atoms with Gasteiger partial charge in [-0.3, -0.25) is 20.2 Å². The molecule has 1 heterocycles. The maximum atomic E-state index is 11.6. The van der Waals surface area contributed by atoms with E-state index in [1.54, 1.807) is 20.0 Å². The number of barbiturate groups is 1. The highest BCUT2D eigenvalue weighted by molar-refractivity contribution is 6.33. The predicted molar refractivity (Wildman–Crippen MR) is 72.5 cm³/mol. The Morgan fingerprint density at radius 3 is 2.35 bits per heavy atom. The summed E-state index contributed by atoms with van der Waals surface area (Å²) in [6.45, 7) is 0. The minimum atomic E-state index is -0.872. The molecule has 1 aliphatic heterocycles. The third-order valence-corrected chi connectivity index (χ3v) is 2.71. The number of methoxy groups -OCH3 is 1. The van der Waals surface area contributed by atoms with Gasteiger partial charge >= 0.3 is 6.03 Å². The number of amides is 4. The molecule has 0 radical (unpaired) electrons. The summed E-state index contributed by atoms with van der Waals surface area (Å²) in [6.07, 6.45) is 1.20. The zero-order chi connectivity index (χ0) is 14.9. The van der Waals surface area contributed by atoms with Gasteiger partial charge < -0.3 is 9.84 Å². The van der Waals surface area contributed by atoms with E-state index in [0.717, 1.165) is 5.46 Å². The van der Waals surface area contributed by atoms with Gasteiger partial charge in [-0.05, 0) is 12.1 Å². The van der Waals surface area contributed by atoms with Crippen molar-refractivity contribution in [2.75, 3.05) is 7.11 Å². The first-order chi connectivity index (χ1) is 9.42. The molecule has 0 saturated carbocycles. The van der Waals surface area contributed by atoms with E-state index in [9.17, 15) is 19.5 Å². The van der Waals surface area contributed by atoms with Crippen LogP contribution in [-0.4, -0.2) is 37.9 Å². The van der Waals surface area contributed by atoms with E-state index in [1.807, 2.05) is 10.6 Å². The highest BCUT2D eigenvalue weighted by Crippen LogP contribution is 2.30. The van der Waals surface area contributed by atoms with Crippen molar-refractivity contribution in [3.63, 3.8) is 0 Å². The van der Waals surface area contributed by atoms with E-state index in [0.29, 0.717) is 0 Å². The topological polar surface area (TPSA) is 105 Å². The summed E-state index contributed by atoms with van der Waals surface area (Å²) in [7, 11) is 3.17. The number of hydrogen-bond acceptors (Lipinski definition) is 5. The number of carbonyl (C=O) groups is 3. The largest absolute Gasteiger partial charge is 0.504 e. The normalized spacial score (nSPS) is 14.7. The first kappa shape index (κ1) is 13.7. The van der Waals surface area contributed by atoms with Gasteiger partial charge in [0.15, 0.2) is 11.5 Å². The highest BCUT2D eigenvalue weighted by Gasteiger charge is 2.28. The van der Waals surface area contributed by atoms with Crippen LogP contribution in [0.2, 0.25) is 0 Å². The fourth-order valence-corrected chi connectivity index (χ4v) is 1.80. The zero-order valence-electron chi connectivity index (χ0n) is 10.8. The molecule has 0 aliphatic carbocycles. The molecule has 20 heavy (non-hydrogen) atoms. The van der Waals surface area contributed by atoms with Gasteiger partial charge in [0.2, 0.25) is 0 Å². The third-order valence-electron chi connectivity index (χ3n) is 2.71. The fourth-order valence-electron chi connectivity index (χ4n) is 1.80. The lowest BCUT2D eigenvalue weighted by Gasteiger charge is -2.14. The minimum Gasteiger partial charge on any atom is -0.504 e. The maximum Gasteiger partial charge on any atom is 0.328 e. The van der Waals surface area contributed by atoms with Crippen molar-refractivity contribution < 1.29 is 24.2 Å². The zero-order valence-corrected chi connectivity index (χ0v) is 10.8. The van der Waals surface area contributed by atoms with Gasteiger partial charge in [-0.1, -0.05) is 11.5 Å². The van der Waals surface area contributed by atoms with Crippen LogP contribution in [0.3, 0.4) is 0 Å². The van der Waals surface area contributed by atoms with Gasteiger partial charge in [-0.25, -0.2) is 4.79 Å². The molecule has 1 aromatic carbocycles. The van der Waals surface area contributed by atoms with E-state index in [1.165, 1.54) is 13.2 Å². The number of phenolic OH excluding ortho intramolecular Hbond substituents is 1. The Morgan fingerprint density at radius 2 is 1.80 bits per heavy atom. The van der Waals surface area contributed by atoms with E-state index in [2.05, 4.69) is 0 Å². The van der Waals surface area contributed by atoms with E-state index in [-0.39, 0.29) is 22.6 Å². The van der Waals surface area contributed by atoms with Crippen molar-refractivity contribution in [2.45, 2.75) is 0 Å². The van der Waals surface area contributed by atoms with Crippen molar-refractivity contribution in [3.05, 3.63) is 23.3 Å². The quantitative estimate of drug-likeness (QED) is 0.342. The molecule has 0 unspecified atom stereocenters. The van der Waals surface area contributed by atoms with Crippen molar-refractivity contribution in [3.8, 4) is 11.5 Å². The molecule has 2 rings (SSSR count). The van der Waals surface area contributed by atoms with Crippen LogP contribution in [-0.2, 0) is 9.59 Å². The van der Waals surface area contributed by atoms with Crippen LogP contribution in [0.5, 0.6) is 11.5 Å². The van der Waals surface area contributed by atoms with Gasteiger partial charge in [-0.2, -0.15) is 0 Å². The average molecular weight is 274 g/mol. The summed E-state index contributed by atoms with van der Waals surface area (Å²) >= 11 is 0. The number of imide groups is 2. The number of hydrogen-bond donors (Lipinski definition) is 3. The lowest BCUT2D eigenvalue weighted by atomic mass is 9.92. The monoisotopic (exact) mass is 274 g/mol. The summed E-state index contributed by atoms with van der Waals surface area (Å²) in [5, 5.41) is 13.9. The minimum absolute atomic E-state index is 0.192. The molecular weight excluding hydrogens is 263 g/mol. The molecule has 1 saturated heterocycles. The number of carbonyl (C=O) groups excluding carboxylic acids is 3. The van der Waals surface area contributed by atoms with Gasteiger partial charge in [0.25, 0.3) is 11.8 Å². The first-order valence-corrected chi connectivity index (χ1v) is 5.68. The SMILES string of the molecule is Bc1cc(C=C2C(=O)NC(=O)NC2=O)c(O)c(OC)c1. The fraction of sp³-hybridized carbons (Fsp3) is 0.0833. The molecule has 8 heteroatoms. The summed E-state index contributed by atoms with van der Waals surface area (Å²) in [4.78, 5) is 34.1. The van der Waals surface area contributed by atoms with Crippen LogP contribution < -0.4 is 20.8 Å². The maximum absolute atomic E-state index is 11.6. The van der Waals surface area contributed by atoms with E-state index < -0.39 is 17.8 Å². The second-order valence-electron chi connectivity index (χ2n) is 4.20. The Balaban J connectivity index is 2.50. The van der Waals surface area contributed by atoms with Crippen molar-refractivity contribution in [1.82, 2.24) is 10.6 Å². The van der Waals surface area contributed by atoms with Gasteiger partial charge in [-0.15, -0.1) is 0 Å². The van der Waals surface area contributed by atoms with Crippen molar-refractivity contribution in [2.24, 2.45) is 0 Å². The number of benzene rings is 1. The number of urea groups is 1. The van der Waals surface area contributed by atoms with Crippen molar-refractivity contribution >= 4 is 37.2 Å². The number of rotatable bonds is 2. The third kappa shape index (κ3) is 2.49. The molecule has 0 aromatic heterocycles. The molecule has 0 atom stereocenters. The van der Waals surface area contributed by atoms with Crippen LogP contribution in [0.25, 0.3) is 6.08 Å². The Morgan fingerprint density at radius 1 is 1.20 bits per heavy atom. The molecule has 1 fully saturated rings. The summed E-state index contributed by atoms with van der Waals surface area (Å²) in [5.41, 5.74) is 0.753. The lowest BCUT2D eigenvalue weighted by molar-refractivity contribution is -0.123. The number of nitrogens with one attached hydrogen (secondary N) is 2. The lowest BCUT2D eigenvalue weighted by Crippen LogP contribution is -2.51. The molecule has 1 aromatic rings. The second kappa shape index (κ2) is 5.08. The Kier molecular flexibility index (Phi) is 3.47. The second-order valence-corrected chi connectivity index (χ2v) is 4.20. The summed E-state index contributed by atoms with van der Waals surface area (Å²) < 4.78 is 4.99. The molecular formula is C12H11BN2O5. The van der Waals surface area contributed by atoms with Crippen LogP contribution in [0.4, 0.5) is 4.79 Å². The van der Waals surface area contributed by atoms with Gasteiger partial charge in [0.1, 0.15) is 13.4 Å². The van der Waals surface area contributed by atoms with Gasteiger partial charge in [0, 0.05) is 5.56 Å². The van der Waals surface area contributed by atoms with Crippen LogP contribution in [0, 0.1) is 0 Å². The molecule has 7 nitrogen and oxygen atoms in total. The molecule has 3 N–H and O–H groups in total. The highest BCUT2D eigenvalue weighted by atomic mass is 16.5. The smallest absolute Gasteiger partial charge is 0.328 e. The Bertz CT molecular complexity index is 631. The summed E-state index contributed by atoms with van der Waals surface area (Å²) in [6, 6.07) is 2.33. The molecule has 4 amide bonds. The Hall–Kier alpha value is -2.77. The average Bonchev–Trinajstić information content (AvgIpc) is 2.37. The molecule has 102 valence electrons. The number of ether oxygens (including phenoxy) is 1. The van der Waals surface area contributed by atoms with Gasteiger partial charge in [0.05, 0.1) is 7.11 Å². The predicted octanol–water partition coefficient (Wildman–Crippen LogP) is -1.59. The van der Waals surface area contributed by atoms with E-state index >= 15 is 0 Å². The van der Waals surface area contributed by atoms with Crippen LogP contribution >= 0.6 is 0 Å². The van der Waals surface area contributed by atoms with Crippen molar-refractivity contribution in [1.29, 1.82) is 0 Å². The summed E-state index contributed by atoms with van der Waals surface area (Å²) in [5.74, 6) is -1.61. The first-order valence-electron chi connectivity index (χ1n) is 5.68. The molecule has 1 aliphatic rings. The van der Waals surface area contributed by atoms with Crippen LogP contribution in [0.15, 0.2) is 17.7 Å². The van der Waals surface area contributed by atoms with E-state index in [4.69, 9.17) is 4.74 Å². The Labute approximate surface area is 115 Å². The van der Waals surface area contributed by atoms with Crippen LogP contribution in [0.1, 0.15) is 5.56 Å². The number of phenols is 1. The standard InChI is InChI=1S/C12H11BN2O5/c1-20-8-4-6(13)2-5(9(8)16)3-7-10(17)14-12(19)15-11(7)18/h2-4,16H,13H2,1H3,(H2,14,15,17,18,19). The molecule has 0 bridgehead atoms. The number of aromatic hydroxyl groups is 1. The molecule has 0 spiro atoms.